The molecule has 0 spiro atoms. The predicted octanol–water partition coefficient (Wildman–Crippen LogP) is 1.49. The van der Waals surface area contributed by atoms with Crippen molar-refractivity contribution in [3.63, 3.8) is 0 Å². The number of nitrogens with one attached hydrogen (secondary N) is 1. The van der Waals surface area contributed by atoms with Gasteiger partial charge in [-0.3, -0.25) is 0 Å². The van der Waals surface area contributed by atoms with E-state index in [0.717, 1.165) is 32.6 Å². The van der Waals surface area contributed by atoms with Crippen molar-refractivity contribution in [2.24, 2.45) is 5.92 Å². The van der Waals surface area contributed by atoms with Crippen LogP contribution in [0.5, 0.6) is 0 Å². The highest BCUT2D eigenvalue weighted by atomic mass is 16.5. The third-order valence-corrected chi connectivity index (χ3v) is 3.03. The Bertz CT molecular complexity index is 419. The van der Waals surface area contributed by atoms with Gasteiger partial charge in [0.05, 0.1) is 6.61 Å². The summed E-state index contributed by atoms with van der Waals surface area (Å²) in [5.41, 5.74) is 0.284. The van der Waals surface area contributed by atoms with Gasteiger partial charge in [-0.1, -0.05) is 0 Å². The summed E-state index contributed by atoms with van der Waals surface area (Å²) in [6, 6.07) is 1.55. The highest BCUT2D eigenvalue weighted by molar-refractivity contribution is 5.87. The van der Waals surface area contributed by atoms with Crippen molar-refractivity contribution < 1.29 is 14.3 Å². The maximum Gasteiger partial charge on any atom is 0.357 e. The number of aromatic nitrogens is 2. The molecule has 1 fully saturated rings. The fourth-order valence-electron chi connectivity index (χ4n) is 1.95. The van der Waals surface area contributed by atoms with Gasteiger partial charge in [0.2, 0.25) is 5.95 Å². The number of rotatable bonds is 5. The molecule has 0 amide bonds. The van der Waals surface area contributed by atoms with Crippen molar-refractivity contribution in [3.05, 3.63) is 18.0 Å². The van der Waals surface area contributed by atoms with E-state index in [1.807, 2.05) is 0 Å². The fourth-order valence-corrected chi connectivity index (χ4v) is 1.95. The average molecular weight is 265 g/mol. The van der Waals surface area contributed by atoms with Gasteiger partial charge in [-0.05, 0) is 31.7 Å². The molecular formula is C13H19N3O3. The first-order valence-corrected chi connectivity index (χ1v) is 6.61. The van der Waals surface area contributed by atoms with Crippen LogP contribution in [0, 0.1) is 5.92 Å². The maximum absolute atomic E-state index is 11.5. The van der Waals surface area contributed by atoms with E-state index in [0.29, 0.717) is 18.5 Å². The molecule has 19 heavy (non-hydrogen) atoms. The number of esters is 1. The largest absolute Gasteiger partial charge is 0.461 e. The van der Waals surface area contributed by atoms with E-state index in [1.54, 1.807) is 19.2 Å². The van der Waals surface area contributed by atoms with Gasteiger partial charge in [0.1, 0.15) is 0 Å². The normalized spacial score (nSPS) is 16.1. The summed E-state index contributed by atoms with van der Waals surface area (Å²) in [7, 11) is 0. The topological polar surface area (TPSA) is 73.3 Å². The lowest BCUT2D eigenvalue weighted by molar-refractivity contribution is 0.0519. The third kappa shape index (κ3) is 4.17. The molecule has 2 rings (SSSR count). The standard InChI is InChI=1S/C13H19N3O3/c1-2-19-12(17)11-3-6-14-13(16-11)15-9-10-4-7-18-8-5-10/h3,6,10H,2,4-5,7-9H2,1H3,(H,14,15,16). The second-order valence-electron chi connectivity index (χ2n) is 4.42. The van der Waals surface area contributed by atoms with Gasteiger partial charge >= 0.3 is 5.97 Å². The number of hydrogen-bond acceptors (Lipinski definition) is 6. The Morgan fingerprint density at radius 3 is 3.05 bits per heavy atom. The van der Waals surface area contributed by atoms with Gasteiger partial charge in [-0.2, -0.15) is 0 Å². The van der Waals surface area contributed by atoms with Crippen molar-refractivity contribution in [1.29, 1.82) is 0 Å². The summed E-state index contributed by atoms with van der Waals surface area (Å²) in [5, 5.41) is 3.17. The van der Waals surface area contributed by atoms with Crippen LogP contribution in [-0.2, 0) is 9.47 Å². The summed E-state index contributed by atoms with van der Waals surface area (Å²) in [5.74, 6) is 0.625. The quantitative estimate of drug-likeness (QED) is 0.813. The monoisotopic (exact) mass is 265 g/mol. The molecule has 104 valence electrons. The van der Waals surface area contributed by atoms with E-state index in [9.17, 15) is 4.79 Å². The molecular weight excluding hydrogens is 246 g/mol. The Morgan fingerprint density at radius 2 is 2.32 bits per heavy atom. The first-order valence-electron chi connectivity index (χ1n) is 6.61. The van der Waals surface area contributed by atoms with Gasteiger partial charge in [0, 0.05) is 26.0 Å². The smallest absolute Gasteiger partial charge is 0.357 e. The van der Waals surface area contributed by atoms with E-state index in [-0.39, 0.29) is 5.69 Å². The van der Waals surface area contributed by atoms with E-state index in [1.165, 1.54) is 0 Å². The predicted molar refractivity (Wildman–Crippen MR) is 70.0 cm³/mol. The molecule has 0 unspecified atom stereocenters. The highest BCUT2D eigenvalue weighted by Crippen LogP contribution is 2.14. The molecule has 1 N–H and O–H groups in total. The minimum absolute atomic E-state index is 0.284. The number of hydrogen-bond donors (Lipinski definition) is 1. The molecule has 0 aliphatic carbocycles. The van der Waals surface area contributed by atoms with Crippen LogP contribution < -0.4 is 5.32 Å². The van der Waals surface area contributed by atoms with Crippen molar-refractivity contribution in [1.82, 2.24) is 9.97 Å². The molecule has 2 heterocycles. The second-order valence-corrected chi connectivity index (χ2v) is 4.42. The van der Waals surface area contributed by atoms with E-state index < -0.39 is 5.97 Å². The lowest BCUT2D eigenvalue weighted by Crippen LogP contribution is -2.23. The van der Waals surface area contributed by atoms with Crippen LogP contribution in [0.3, 0.4) is 0 Å². The minimum Gasteiger partial charge on any atom is -0.461 e. The highest BCUT2D eigenvalue weighted by Gasteiger charge is 2.14. The summed E-state index contributed by atoms with van der Waals surface area (Å²) >= 11 is 0. The molecule has 0 saturated carbocycles. The summed E-state index contributed by atoms with van der Waals surface area (Å²) in [6.07, 6.45) is 3.65. The van der Waals surface area contributed by atoms with Crippen LogP contribution in [0.1, 0.15) is 30.3 Å². The van der Waals surface area contributed by atoms with E-state index >= 15 is 0 Å². The molecule has 0 radical (unpaired) electrons. The Kier molecular flexibility index (Phi) is 5.09. The number of ether oxygens (including phenoxy) is 2. The first-order chi connectivity index (χ1) is 9.29. The molecule has 1 aromatic heterocycles. The Balaban J connectivity index is 1.89. The average Bonchev–Trinajstić information content (AvgIpc) is 2.47. The molecule has 1 aromatic rings. The van der Waals surface area contributed by atoms with Gasteiger partial charge < -0.3 is 14.8 Å². The Labute approximate surface area is 112 Å². The Morgan fingerprint density at radius 1 is 1.53 bits per heavy atom. The minimum atomic E-state index is -0.418. The van der Waals surface area contributed by atoms with Crippen LogP contribution in [0.4, 0.5) is 5.95 Å². The van der Waals surface area contributed by atoms with Crippen LogP contribution in [0.15, 0.2) is 12.3 Å². The number of nitrogens with zero attached hydrogens (tertiary/aromatic N) is 2. The third-order valence-electron chi connectivity index (χ3n) is 3.03. The SMILES string of the molecule is CCOC(=O)c1ccnc(NCC2CCOCC2)n1. The van der Waals surface area contributed by atoms with E-state index in [2.05, 4.69) is 15.3 Å². The van der Waals surface area contributed by atoms with Gasteiger partial charge in [-0.25, -0.2) is 14.8 Å². The second kappa shape index (κ2) is 7.04. The van der Waals surface area contributed by atoms with Crippen molar-refractivity contribution in [3.8, 4) is 0 Å². The zero-order valence-corrected chi connectivity index (χ0v) is 11.1. The first kappa shape index (κ1) is 13.7. The van der Waals surface area contributed by atoms with Crippen molar-refractivity contribution in [2.75, 3.05) is 31.7 Å². The molecule has 0 bridgehead atoms. The molecule has 1 aliphatic heterocycles. The zero-order chi connectivity index (χ0) is 13.5. The lowest BCUT2D eigenvalue weighted by Gasteiger charge is -2.22. The van der Waals surface area contributed by atoms with Crippen molar-refractivity contribution >= 4 is 11.9 Å². The molecule has 1 saturated heterocycles. The lowest BCUT2D eigenvalue weighted by atomic mass is 10.0. The molecule has 6 heteroatoms. The molecule has 0 aromatic carbocycles. The molecule has 6 nitrogen and oxygen atoms in total. The van der Waals surface area contributed by atoms with Crippen LogP contribution in [0.25, 0.3) is 0 Å². The summed E-state index contributed by atoms with van der Waals surface area (Å²) < 4.78 is 10.2. The van der Waals surface area contributed by atoms with Gasteiger partial charge in [-0.15, -0.1) is 0 Å². The Hall–Kier alpha value is -1.69. The number of carbonyl (C=O) groups is 1. The van der Waals surface area contributed by atoms with Crippen LogP contribution in [-0.4, -0.2) is 42.3 Å². The molecule has 1 aliphatic rings. The van der Waals surface area contributed by atoms with Gasteiger partial charge in [0.25, 0.3) is 0 Å². The maximum atomic E-state index is 11.5. The van der Waals surface area contributed by atoms with Crippen LogP contribution in [0.2, 0.25) is 0 Å². The summed E-state index contributed by atoms with van der Waals surface area (Å²) in [6.45, 7) is 4.54. The van der Waals surface area contributed by atoms with Gasteiger partial charge in [0.15, 0.2) is 5.69 Å². The fraction of sp³-hybridized carbons (Fsp3) is 0.615. The van der Waals surface area contributed by atoms with Crippen molar-refractivity contribution in [2.45, 2.75) is 19.8 Å². The number of carbonyl (C=O) groups excluding carboxylic acids is 1. The zero-order valence-electron chi connectivity index (χ0n) is 11.1. The summed E-state index contributed by atoms with van der Waals surface area (Å²) in [4.78, 5) is 19.8. The van der Waals surface area contributed by atoms with Crippen LogP contribution >= 0.6 is 0 Å². The van der Waals surface area contributed by atoms with E-state index in [4.69, 9.17) is 9.47 Å². The molecule has 0 atom stereocenters. The number of anilines is 1.